The number of rotatable bonds is 5. The Morgan fingerprint density at radius 3 is 2.62 bits per heavy atom. The second-order valence-corrected chi connectivity index (χ2v) is 6.70. The van der Waals surface area contributed by atoms with Crippen LogP contribution in [0.5, 0.6) is 0 Å². The highest BCUT2D eigenvalue weighted by Crippen LogP contribution is 2.13. The summed E-state index contributed by atoms with van der Waals surface area (Å²) in [6.07, 6.45) is 4.90. The molecule has 29 heavy (non-hydrogen) atoms. The van der Waals surface area contributed by atoms with E-state index in [9.17, 15) is 14.7 Å². The van der Waals surface area contributed by atoms with Crippen LogP contribution in [0.1, 0.15) is 10.4 Å². The standard InChI is InChI=1S/C19H21N7O3/c27-11-16(24-17(28)13-2-3-14-15(10-13)23-12-22-14)18(29)25-6-8-26(9-7-25)19-20-4-1-5-21-19/h1-5,10,12,16,27H,6-9,11H2,(H,22,23)(H,24,28). The molecule has 2 amide bonds. The van der Waals surface area contributed by atoms with E-state index in [1.165, 1.54) is 0 Å². The summed E-state index contributed by atoms with van der Waals surface area (Å²) < 4.78 is 0. The SMILES string of the molecule is O=C(NC(CO)C(=O)N1CCN(c2ncccn2)CC1)c1ccc2nc[nH]c2c1. The summed E-state index contributed by atoms with van der Waals surface area (Å²) >= 11 is 0. The number of aromatic amines is 1. The number of nitrogens with zero attached hydrogens (tertiary/aromatic N) is 5. The van der Waals surface area contributed by atoms with Crippen LogP contribution in [0.25, 0.3) is 11.0 Å². The Morgan fingerprint density at radius 1 is 1.14 bits per heavy atom. The maximum absolute atomic E-state index is 12.8. The molecule has 1 saturated heterocycles. The zero-order chi connectivity index (χ0) is 20.2. The van der Waals surface area contributed by atoms with Crippen LogP contribution in [0, 0.1) is 0 Å². The number of aromatic nitrogens is 4. The van der Waals surface area contributed by atoms with Gasteiger partial charge in [0.1, 0.15) is 6.04 Å². The molecular formula is C19H21N7O3. The fourth-order valence-corrected chi connectivity index (χ4v) is 3.31. The van der Waals surface area contributed by atoms with Crippen molar-refractivity contribution in [1.29, 1.82) is 0 Å². The summed E-state index contributed by atoms with van der Waals surface area (Å²) in [7, 11) is 0. The van der Waals surface area contributed by atoms with E-state index in [4.69, 9.17) is 0 Å². The molecule has 1 aromatic carbocycles. The highest BCUT2D eigenvalue weighted by atomic mass is 16.3. The maximum atomic E-state index is 12.8. The number of aliphatic hydroxyl groups excluding tert-OH is 1. The van der Waals surface area contributed by atoms with Gasteiger partial charge in [0.2, 0.25) is 11.9 Å². The van der Waals surface area contributed by atoms with Crippen LogP contribution in [0.3, 0.4) is 0 Å². The van der Waals surface area contributed by atoms with Gasteiger partial charge in [-0.25, -0.2) is 15.0 Å². The number of benzene rings is 1. The predicted molar refractivity (Wildman–Crippen MR) is 105 cm³/mol. The summed E-state index contributed by atoms with van der Waals surface area (Å²) in [4.78, 5) is 44.5. The molecule has 10 nitrogen and oxygen atoms in total. The zero-order valence-corrected chi connectivity index (χ0v) is 15.7. The van der Waals surface area contributed by atoms with Gasteiger partial charge in [0.15, 0.2) is 0 Å². The van der Waals surface area contributed by atoms with E-state index in [1.807, 2.05) is 4.90 Å². The third kappa shape index (κ3) is 4.02. The van der Waals surface area contributed by atoms with Crippen molar-refractivity contribution in [3.05, 3.63) is 48.5 Å². The van der Waals surface area contributed by atoms with Crippen LogP contribution in [-0.4, -0.2) is 80.6 Å². The molecule has 0 aliphatic carbocycles. The number of anilines is 1. The minimum atomic E-state index is -1.00. The minimum Gasteiger partial charge on any atom is -0.394 e. The van der Waals surface area contributed by atoms with Crippen molar-refractivity contribution in [3.63, 3.8) is 0 Å². The van der Waals surface area contributed by atoms with E-state index in [-0.39, 0.29) is 5.91 Å². The van der Waals surface area contributed by atoms with E-state index in [0.29, 0.717) is 37.7 Å². The number of H-pyrrole nitrogens is 1. The first kappa shape index (κ1) is 18.8. The quantitative estimate of drug-likeness (QED) is 0.546. The van der Waals surface area contributed by atoms with Gasteiger partial charge < -0.3 is 25.2 Å². The van der Waals surface area contributed by atoms with Crippen molar-refractivity contribution < 1.29 is 14.7 Å². The van der Waals surface area contributed by atoms with Crippen molar-refractivity contribution in [2.75, 3.05) is 37.7 Å². The molecule has 1 unspecified atom stereocenters. The highest BCUT2D eigenvalue weighted by molar-refractivity contribution is 5.99. The van der Waals surface area contributed by atoms with Crippen molar-refractivity contribution in [2.24, 2.45) is 0 Å². The summed E-state index contributed by atoms with van der Waals surface area (Å²) in [5.74, 6) is -0.108. The van der Waals surface area contributed by atoms with E-state index in [1.54, 1.807) is 47.9 Å². The smallest absolute Gasteiger partial charge is 0.252 e. The minimum absolute atomic E-state index is 0.308. The average Bonchev–Trinajstić information content (AvgIpc) is 3.25. The fourth-order valence-electron chi connectivity index (χ4n) is 3.31. The van der Waals surface area contributed by atoms with Crippen LogP contribution in [0.2, 0.25) is 0 Å². The molecule has 1 aliphatic rings. The van der Waals surface area contributed by atoms with Gasteiger partial charge in [-0.15, -0.1) is 0 Å². The molecule has 3 heterocycles. The van der Waals surface area contributed by atoms with Gasteiger partial charge in [-0.05, 0) is 24.3 Å². The lowest BCUT2D eigenvalue weighted by Gasteiger charge is -2.36. The molecule has 1 fully saturated rings. The second-order valence-electron chi connectivity index (χ2n) is 6.70. The number of hydrogen-bond donors (Lipinski definition) is 3. The Bertz CT molecular complexity index is 999. The largest absolute Gasteiger partial charge is 0.394 e. The maximum Gasteiger partial charge on any atom is 0.252 e. The van der Waals surface area contributed by atoms with Gasteiger partial charge in [0.05, 0.1) is 24.0 Å². The molecule has 3 N–H and O–H groups in total. The van der Waals surface area contributed by atoms with Crippen molar-refractivity contribution in [1.82, 2.24) is 30.2 Å². The average molecular weight is 395 g/mol. The Labute approximate surface area is 166 Å². The molecule has 4 rings (SSSR count). The van der Waals surface area contributed by atoms with Gasteiger partial charge >= 0.3 is 0 Å². The first-order valence-corrected chi connectivity index (χ1v) is 9.31. The molecule has 1 atom stereocenters. The molecule has 10 heteroatoms. The third-order valence-electron chi connectivity index (χ3n) is 4.89. The normalized spacial score (nSPS) is 15.3. The van der Waals surface area contributed by atoms with Crippen LogP contribution >= 0.6 is 0 Å². The molecule has 3 aromatic rings. The van der Waals surface area contributed by atoms with Gasteiger partial charge in [-0.2, -0.15) is 0 Å². The van der Waals surface area contributed by atoms with Crippen molar-refractivity contribution in [3.8, 4) is 0 Å². The number of nitrogens with one attached hydrogen (secondary N) is 2. The third-order valence-corrected chi connectivity index (χ3v) is 4.89. The van der Waals surface area contributed by atoms with E-state index in [0.717, 1.165) is 11.0 Å². The zero-order valence-electron chi connectivity index (χ0n) is 15.7. The predicted octanol–water partition coefficient (Wildman–Crippen LogP) is -0.208. The number of fused-ring (bicyclic) bond motifs is 1. The number of aliphatic hydroxyl groups is 1. The molecule has 150 valence electrons. The second kappa shape index (κ2) is 8.23. The van der Waals surface area contributed by atoms with Gasteiger partial charge in [0.25, 0.3) is 5.91 Å². The topological polar surface area (TPSA) is 127 Å². The van der Waals surface area contributed by atoms with Gasteiger partial charge in [-0.3, -0.25) is 9.59 Å². The molecule has 0 saturated carbocycles. The lowest BCUT2D eigenvalue weighted by Crippen LogP contribution is -2.56. The molecule has 0 spiro atoms. The highest BCUT2D eigenvalue weighted by Gasteiger charge is 2.29. The van der Waals surface area contributed by atoms with Crippen molar-refractivity contribution in [2.45, 2.75) is 6.04 Å². The summed E-state index contributed by atoms with van der Waals surface area (Å²) in [5.41, 5.74) is 1.86. The Hall–Kier alpha value is -3.53. The lowest BCUT2D eigenvalue weighted by molar-refractivity contribution is -0.134. The van der Waals surface area contributed by atoms with Crippen LogP contribution in [-0.2, 0) is 4.79 Å². The monoisotopic (exact) mass is 395 g/mol. The van der Waals surface area contributed by atoms with Crippen LogP contribution in [0.15, 0.2) is 43.0 Å². The summed E-state index contributed by atoms with van der Waals surface area (Å²) in [6.45, 7) is 1.61. The van der Waals surface area contributed by atoms with Crippen LogP contribution < -0.4 is 10.2 Å². The summed E-state index contributed by atoms with van der Waals surface area (Å²) in [6, 6.07) is 5.77. The molecule has 0 bridgehead atoms. The Balaban J connectivity index is 1.37. The van der Waals surface area contributed by atoms with Gasteiger partial charge in [0, 0.05) is 44.1 Å². The van der Waals surface area contributed by atoms with Crippen LogP contribution in [0.4, 0.5) is 5.95 Å². The number of piperazine rings is 1. The first-order chi connectivity index (χ1) is 14.2. The fraction of sp³-hybridized carbons (Fsp3) is 0.316. The lowest BCUT2D eigenvalue weighted by atomic mass is 10.1. The number of carbonyl (C=O) groups is 2. The Kier molecular flexibility index (Phi) is 5.34. The molecule has 1 aliphatic heterocycles. The summed E-state index contributed by atoms with van der Waals surface area (Å²) in [5, 5.41) is 12.3. The Morgan fingerprint density at radius 2 is 1.90 bits per heavy atom. The van der Waals surface area contributed by atoms with E-state index in [2.05, 4.69) is 25.3 Å². The number of hydrogen-bond acceptors (Lipinski definition) is 7. The number of carbonyl (C=O) groups excluding carboxylic acids is 2. The van der Waals surface area contributed by atoms with E-state index >= 15 is 0 Å². The first-order valence-electron chi connectivity index (χ1n) is 9.31. The molecule has 2 aromatic heterocycles. The van der Waals surface area contributed by atoms with E-state index < -0.39 is 18.6 Å². The van der Waals surface area contributed by atoms with Crippen molar-refractivity contribution >= 4 is 28.8 Å². The number of amides is 2. The molecular weight excluding hydrogens is 374 g/mol. The molecule has 0 radical (unpaired) electrons. The number of imidazole rings is 1. The van der Waals surface area contributed by atoms with Gasteiger partial charge in [-0.1, -0.05) is 0 Å².